The topological polar surface area (TPSA) is 93.5 Å². The van der Waals surface area contributed by atoms with Crippen molar-refractivity contribution in [1.82, 2.24) is 5.32 Å². The summed E-state index contributed by atoms with van der Waals surface area (Å²) in [5.41, 5.74) is 1.25. The zero-order valence-corrected chi connectivity index (χ0v) is 12.4. The van der Waals surface area contributed by atoms with E-state index in [2.05, 4.69) is 10.6 Å². The first-order chi connectivity index (χ1) is 11.1. The monoisotopic (exact) mass is 313 g/mol. The Kier molecular flexibility index (Phi) is 5.30. The number of hydrogen-bond acceptors (Lipinski definition) is 4. The van der Waals surface area contributed by atoms with E-state index < -0.39 is 11.0 Å². The van der Waals surface area contributed by atoms with Crippen molar-refractivity contribution < 1.29 is 14.5 Å². The summed E-state index contributed by atoms with van der Waals surface area (Å²) in [5, 5.41) is 15.7. The third kappa shape index (κ3) is 4.57. The zero-order valence-electron chi connectivity index (χ0n) is 12.4. The van der Waals surface area contributed by atoms with E-state index in [-0.39, 0.29) is 5.69 Å². The second-order valence-corrected chi connectivity index (χ2v) is 4.48. The molecule has 2 aromatic carbocycles. The maximum absolute atomic E-state index is 11.7. The summed E-state index contributed by atoms with van der Waals surface area (Å²) in [5.74, 6) is 0.696. The largest absolute Gasteiger partial charge is 0.496 e. The van der Waals surface area contributed by atoms with Crippen LogP contribution in [0.2, 0.25) is 0 Å². The summed E-state index contributed by atoms with van der Waals surface area (Å²) in [6, 6.07) is 12.5. The number of rotatable bonds is 5. The van der Waals surface area contributed by atoms with Crippen molar-refractivity contribution in [2.45, 2.75) is 0 Å². The SMILES string of the molecule is COc1ccccc1/C=C/NC(=O)Nc1ccc([N+](=O)[O-])cc1. The molecule has 0 unspecified atom stereocenters. The van der Waals surface area contributed by atoms with Crippen molar-refractivity contribution in [3.63, 3.8) is 0 Å². The maximum atomic E-state index is 11.7. The first-order valence-corrected chi connectivity index (χ1v) is 6.71. The number of nitro benzene ring substituents is 1. The van der Waals surface area contributed by atoms with Gasteiger partial charge >= 0.3 is 6.03 Å². The van der Waals surface area contributed by atoms with Gasteiger partial charge in [0, 0.05) is 29.6 Å². The summed E-state index contributed by atoms with van der Waals surface area (Å²) in [7, 11) is 1.57. The first-order valence-electron chi connectivity index (χ1n) is 6.71. The van der Waals surface area contributed by atoms with Crippen molar-refractivity contribution in [3.05, 3.63) is 70.4 Å². The molecule has 0 fully saturated rings. The highest BCUT2D eigenvalue weighted by Gasteiger charge is 2.05. The van der Waals surface area contributed by atoms with Gasteiger partial charge in [0.15, 0.2) is 0 Å². The summed E-state index contributed by atoms with van der Waals surface area (Å²) in [6.07, 6.45) is 3.19. The predicted molar refractivity (Wildman–Crippen MR) is 87.3 cm³/mol. The number of anilines is 1. The second-order valence-electron chi connectivity index (χ2n) is 4.48. The Morgan fingerprint density at radius 2 is 1.87 bits per heavy atom. The van der Waals surface area contributed by atoms with E-state index in [0.29, 0.717) is 11.4 Å². The molecule has 2 N–H and O–H groups in total. The number of benzene rings is 2. The van der Waals surface area contributed by atoms with E-state index in [0.717, 1.165) is 5.56 Å². The molecule has 2 aromatic rings. The third-order valence-electron chi connectivity index (χ3n) is 2.95. The number of nitrogens with one attached hydrogen (secondary N) is 2. The van der Waals surface area contributed by atoms with Gasteiger partial charge in [-0.25, -0.2) is 4.79 Å². The number of amides is 2. The Morgan fingerprint density at radius 3 is 2.52 bits per heavy atom. The van der Waals surface area contributed by atoms with Crippen LogP contribution < -0.4 is 15.4 Å². The number of carbonyl (C=O) groups excluding carboxylic acids is 1. The molecule has 0 spiro atoms. The fourth-order valence-corrected chi connectivity index (χ4v) is 1.84. The minimum absolute atomic E-state index is 0.0352. The van der Waals surface area contributed by atoms with Crippen molar-refractivity contribution in [2.75, 3.05) is 12.4 Å². The van der Waals surface area contributed by atoms with Crippen LogP contribution in [0.3, 0.4) is 0 Å². The lowest BCUT2D eigenvalue weighted by molar-refractivity contribution is -0.384. The van der Waals surface area contributed by atoms with Crippen molar-refractivity contribution >= 4 is 23.5 Å². The van der Waals surface area contributed by atoms with Crippen LogP contribution >= 0.6 is 0 Å². The Morgan fingerprint density at radius 1 is 1.17 bits per heavy atom. The molecule has 0 bridgehead atoms. The van der Waals surface area contributed by atoms with Gasteiger partial charge in [0.05, 0.1) is 12.0 Å². The van der Waals surface area contributed by atoms with E-state index in [4.69, 9.17) is 4.74 Å². The lowest BCUT2D eigenvalue weighted by Crippen LogP contribution is -2.23. The predicted octanol–water partition coefficient (Wildman–Crippen LogP) is 3.40. The molecule has 7 nitrogen and oxygen atoms in total. The number of nitro groups is 1. The number of hydrogen-bond donors (Lipinski definition) is 2. The van der Waals surface area contributed by atoms with Gasteiger partial charge in [-0.2, -0.15) is 0 Å². The molecule has 23 heavy (non-hydrogen) atoms. The van der Waals surface area contributed by atoms with Crippen molar-refractivity contribution in [3.8, 4) is 5.75 Å². The number of para-hydroxylation sites is 1. The summed E-state index contributed by atoms with van der Waals surface area (Å²) in [4.78, 5) is 21.8. The lowest BCUT2D eigenvalue weighted by Gasteiger charge is -2.05. The molecule has 118 valence electrons. The highest BCUT2D eigenvalue weighted by molar-refractivity contribution is 5.90. The number of ether oxygens (including phenoxy) is 1. The normalized spacial score (nSPS) is 10.3. The van der Waals surface area contributed by atoms with E-state index in [1.165, 1.54) is 30.5 Å². The Hall–Kier alpha value is -3.35. The van der Waals surface area contributed by atoms with Crippen LogP contribution in [0.4, 0.5) is 16.2 Å². The molecule has 0 saturated carbocycles. The average molecular weight is 313 g/mol. The van der Waals surface area contributed by atoms with Crippen molar-refractivity contribution in [1.29, 1.82) is 0 Å². The van der Waals surface area contributed by atoms with Gasteiger partial charge in [0.2, 0.25) is 0 Å². The maximum Gasteiger partial charge on any atom is 0.323 e. The van der Waals surface area contributed by atoms with Gasteiger partial charge in [-0.1, -0.05) is 18.2 Å². The van der Waals surface area contributed by atoms with Crippen LogP contribution in [0.5, 0.6) is 5.75 Å². The molecule has 0 aromatic heterocycles. The summed E-state index contributed by atoms with van der Waals surface area (Å²) < 4.78 is 5.19. The highest BCUT2D eigenvalue weighted by Crippen LogP contribution is 2.18. The number of carbonyl (C=O) groups is 1. The molecule has 0 aliphatic rings. The van der Waals surface area contributed by atoms with Crippen molar-refractivity contribution in [2.24, 2.45) is 0 Å². The molecule has 0 atom stereocenters. The highest BCUT2D eigenvalue weighted by atomic mass is 16.6. The van der Waals surface area contributed by atoms with Gasteiger partial charge in [0.25, 0.3) is 5.69 Å². The fourth-order valence-electron chi connectivity index (χ4n) is 1.84. The van der Waals surface area contributed by atoms with Crippen LogP contribution in [-0.4, -0.2) is 18.1 Å². The molecule has 0 aliphatic carbocycles. The smallest absolute Gasteiger partial charge is 0.323 e. The molecule has 2 amide bonds. The van der Waals surface area contributed by atoms with Gasteiger partial charge in [-0.05, 0) is 24.3 Å². The first kappa shape index (κ1) is 16.0. The van der Waals surface area contributed by atoms with Gasteiger partial charge in [-0.3, -0.25) is 10.1 Å². The average Bonchev–Trinajstić information content (AvgIpc) is 2.55. The molecule has 7 heteroatoms. The lowest BCUT2D eigenvalue weighted by atomic mass is 10.2. The van der Waals surface area contributed by atoms with E-state index in [1.54, 1.807) is 13.2 Å². The van der Waals surface area contributed by atoms with Crippen LogP contribution in [0.1, 0.15) is 5.56 Å². The molecule has 0 radical (unpaired) electrons. The van der Waals surface area contributed by atoms with Crippen LogP contribution in [0.15, 0.2) is 54.7 Å². The Bertz CT molecular complexity index is 726. The molecule has 2 rings (SSSR count). The van der Waals surface area contributed by atoms with E-state index >= 15 is 0 Å². The zero-order chi connectivity index (χ0) is 16.7. The standard InChI is InChI=1S/C16H15N3O4/c1-23-15-5-3-2-4-12(15)10-11-17-16(20)18-13-6-8-14(9-7-13)19(21)22/h2-11H,1H3,(H2,17,18,20)/b11-10+. The minimum Gasteiger partial charge on any atom is -0.496 e. The third-order valence-corrected chi connectivity index (χ3v) is 2.95. The number of nitrogens with zero attached hydrogens (tertiary/aromatic N) is 1. The Labute approximate surface area is 132 Å². The van der Waals surface area contributed by atoms with Gasteiger partial charge in [0.1, 0.15) is 5.75 Å². The minimum atomic E-state index is -0.500. The summed E-state index contributed by atoms with van der Waals surface area (Å²) >= 11 is 0. The number of urea groups is 1. The molecule has 0 heterocycles. The van der Waals surface area contributed by atoms with Crippen LogP contribution in [0.25, 0.3) is 6.08 Å². The molecular weight excluding hydrogens is 298 g/mol. The second kappa shape index (κ2) is 7.60. The van der Waals surface area contributed by atoms with E-state index in [9.17, 15) is 14.9 Å². The summed E-state index contributed by atoms with van der Waals surface area (Å²) in [6.45, 7) is 0. The molecule has 0 saturated heterocycles. The van der Waals surface area contributed by atoms with E-state index in [1.807, 2.05) is 24.3 Å². The number of methoxy groups -OCH3 is 1. The fraction of sp³-hybridized carbons (Fsp3) is 0.0625. The van der Waals surface area contributed by atoms with Crippen LogP contribution in [-0.2, 0) is 0 Å². The quantitative estimate of drug-likeness (QED) is 0.653. The Balaban J connectivity index is 1.92. The molecule has 0 aliphatic heterocycles. The van der Waals surface area contributed by atoms with Gasteiger partial charge in [-0.15, -0.1) is 0 Å². The van der Waals surface area contributed by atoms with Gasteiger partial charge < -0.3 is 15.4 Å². The number of non-ortho nitro benzene ring substituents is 1. The van der Waals surface area contributed by atoms with Crippen LogP contribution in [0, 0.1) is 10.1 Å². The molecular formula is C16H15N3O4.